The summed E-state index contributed by atoms with van der Waals surface area (Å²) in [6.45, 7) is 9.08. The van der Waals surface area contributed by atoms with Crippen LogP contribution in [0.4, 0.5) is 5.69 Å². The Labute approximate surface area is 128 Å². The van der Waals surface area contributed by atoms with Crippen molar-refractivity contribution >= 4 is 16.5 Å². The Morgan fingerprint density at radius 1 is 1.10 bits per heavy atom. The fourth-order valence-electron chi connectivity index (χ4n) is 3.52. The van der Waals surface area contributed by atoms with Gasteiger partial charge in [0.2, 0.25) is 0 Å². The first-order chi connectivity index (χ1) is 10.2. The number of rotatable bonds is 3. The second-order valence-electron chi connectivity index (χ2n) is 6.34. The molecule has 1 atom stereocenters. The van der Waals surface area contributed by atoms with Crippen LogP contribution in [-0.2, 0) is 0 Å². The quantitative estimate of drug-likeness (QED) is 0.907. The Kier molecular flexibility index (Phi) is 3.90. The molecule has 2 aromatic rings. The Morgan fingerprint density at radius 3 is 2.57 bits per heavy atom. The van der Waals surface area contributed by atoms with Crippen molar-refractivity contribution in [3.8, 4) is 0 Å². The van der Waals surface area contributed by atoms with Crippen LogP contribution in [0.3, 0.4) is 0 Å². The number of benzene rings is 2. The topological polar surface area (TPSA) is 15.3 Å². The molecule has 1 fully saturated rings. The van der Waals surface area contributed by atoms with Crippen LogP contribution in [-0.4, -0.2) is 24.7 Å². The fraction of sp³-hybridized carbons (Fsp3) is 0.474. The molecule has 2 aromatic carbocycles. The highest BCUT2D eigenvalue weighted by atomic mass is 15.3. The van der Waals surface area contributed by atoms with E-state index in [1.54, 1.807) is 0 Å². The van der Waals surface area contributed by atoms with Gasteiger partial charge in [-0.1, -0.05) is 50.2 Å². The first-order valence-electron chi connectivity index (χ1n) is 8.18. The molecule has 0 bridgehead atoms. The number of piperazine rings is 1. The molecule has 1 saturated heterocycles. The summed E-state index contributed by atoms with van der Waals surface area (Å²) in [5.41, 5.74) is 1.64. The van der Waals surface area contributed by atoms with E-state index in [4.69, 9.17) is 0 Å². The normalized spacial score (nSPS) is 21.7. The van der Waals surface area contributed by atoms with E-state index >= 15 is 0 Å². The monoisotopic (exact) mass is 282 g/mol. The largest absolute Gasteiger partial charge is 0.365 e. The average molecular weight is 282 g/mol. The lowest BCUT2D eigenvalue weighted by atomic mass is 9.88. The Bertz CT molecular complexity index is 610. The van der Waals surface area contributed by atoms with E-state index in [1.165, 1.54) is 29.3 Å². The van der Waals surface area contributed by atoms with Gasteiger partial charge in [-0.05, 0) is 31.2 Å². The summed E-state index contributed by atoms with van der Waals surface area (Å²) in [4.78, 5) is 2.60. The van der Waals surface area contributed by atoms with Crippen LogP contribution in [0.15, 0.2) is 42.5 Å². The minimum Gasteiger partial charge on any atom is -0.365 e. The molecular formula is C19H26N2. The smallest absolute Gasteiger partial charge is 0.0449 e. The van der Waals surface area contributed by atoms with Gasteiger partial charge in [0.1, 0.15) is 0 Å². The van der Waals surface area contributed by atoms with E-state index in [0.717, 1.165) is 13.1 Å². The van der Waals surface area contributed by atoms with Crippen molar-refractivity contribution in [1.29, 1.82) is 0 Å². The second-order valence-corrected chi connectivity index (χ2v) is 6.34. The van der Waals surface area contributed by atoms with E-state index in [0.29, 0.717) is 6.04 Å². The van der Waals surface area contributed by atoms with Gasteiger partial charge in [-0.2, -0.15) is 0 Å². The van der Waals surface area contributed by atoms with Gasteiger partial charge in [0, 0.05) is 35.7 Å². The van der Waals surface area contributed by atoms with E-state index < -0.39 is 0 Å². The predicted octanol–water partition coefficient (Wildman–Crippen LogP) is 4.20. The molecule has 21 heavy (non-hydrogen) atoms. The van der Waals surface area contributed by atoms with Gasteiger partial charge in [0.15, 0.2) is 0 Å². The molecule has 2 heteroatoms. The van der Waals surface area contributed by atoms with Crippen molar-refractivity contribution in [3.63, 3.8) is 0 Å². The average Bonchev–Trinajstić information content (AvgIpc) is 2.55. The lowest BCUT2D eigenvalue weighted by molar-refractivity contribution is 0.254. The van der Waals surface area contributed by atoms with Crippen molar-refractivity contribution in [2.75, 3.05) is 18.0 Å². The fourth-order valence-corrected chi connectivity index (χ4v) is 3.52. The number of nitrogens with zero attached hydrogens (tertiary/aromatic N) is 1. The molecule has 0 saturated carbocycles. The maximum Gasteiger partial charge on any atom is 0.0449 e. The van der Waals surface area contributed by atoms with E-state index in [-0.39, 0.29) is 5.54 Å². The van der Waals surface area contributed by atoms with Crippen LogP contribution in [0.2, 0.25) is 0 Å². The zero-order valence-electron chi connectivity index (χ0n) is 13.4. The third kappa shape index (κ3) is 2.53. The lowest BCUT2D eigenvalue weighted by Crippen LogP contribution is -2.63. The zero-order valence-corrected chi connectivity index (χ0v) is 13.4. The molecular weight excluding hydrogens is 256 g/mol. The van der Waals surface area contributed by atoms with Crippen LogP contribution in [0, 0.1) is 0 Å². The first-order valence-corrected chi connectivity index (χ1v) is 8.18. The Balaban J connectivity index is 2.04. The van der Waals surface area contributed by atoms with Gasteiger partial charge < -0.3 is 10.2 Å². The highest BCUT2D eigenvalue weighted by Crippen LogP contribution is 2.32. The minimum absolute atomic E-state index is 0.253. The molecule has 3 rings (SSSR count). The Hall–Kier alpha value is -1.54. The molecule has 0 amide bonds. The van der Waals surface area contributed by atoms with Crippen LogP contribution < -0.4 is 10.2 Å². The van der Waals surface area contributed by atoms with E-state index in [1.807, 2.05) is 0 Å². The first kappa shape index (κ1) is 14.4. The summed E-state index contributed by atoms with van der Waals surface area (Å²) in [5, 5.41) is 6.49. The highest BCUT2D eigenvalue weighted by Gasteiger charge is 2.35. The maximum absolute atomic E-state index is 3.79. The maximum atomic E-state index is 3.79. The molecule has 112 valence electrons. The molecule has 2 nitrogen and oxygen atoms in total. The highest BCUT2D eigenvalue weighted by molar-refractivity contribution is 5.94. The minimum atomic E-state index is 0.253. The second kappa shape index (κ2) is 5.69. The molecule has 1 N–H and O–H groups in total. The predicted molar refractivity (Wildman–Crippen MR) is 92.1 cm³/mol. The molecule has 1 aliphatic heterocycles. The number of anilines is 1. The molecule has 0 aliphatic carbocycles. The van der Waals surface area contributed by atoms with Gasteiger partial charge in [0.05, 0.1) is 0 Å². The summed E-state index contributed by atoms with van der Waals surface area (Å²) in [6, 6.07) is 15.9. The van der Waals surface area contributed by atoms with Crippen LogP contribution >= 0.6 is 0 Å². The van der Waals surface area contributed by atoms with Crippen molar-refractivity contribution in [3.05, 3.63) is 42.5 Å². The summed E-state index contributed by atoms with van der Waals surface area (Å²) in [5.74, 6) is 0. The SMILES string of the molecule is CCC1(CC)CN(c2cccc3ccccc23)C(C)CN1. The number of fused-ring (bicyclic) bond motifs is 1. The number of nitrogens with one attached hydrogen (secondary N) is 1. The number of hydrogen-bond acceptors (Lipinski definition) is 2. The van der Waals surface area contributed by atoms with Crippen LogP contribution in [0.1, 0.15) is 33.6 Å². The van der Waals surface area contributed by atoms with Gasteiger partial charge in [-0.25, -0.2) is 0 Å². The Morgan fingerprint density at radius 2 is 1.81 bits per heavy atom. The molecule has 0 spiro atoms. The van der Waals surface area contributed by atoms with Gasteiger partial charge in [-0.15, -0.1) is 0 Å². The van der Waals surface area contributed by atoms with Crippen LogP contribution in [0.25, 0.3) is 10.8 Å². The van der Waals surface area contributed by atoms with Gasteiger partial charge in [0.25, 0.3) is 0 Å². The van der Waals surface area contributed by atoms with Gasteiger partial charge >= 0.3 is 0 Å². The lowest BCUT2D eigenvalue weighted by Gasteiger charge is -2.48. The summed E-state index contributed by atoms with van der Waals surface area (Å²) < 4.78 is 0. The van der Waals surface area contributed by atoms with Crippen LogP contribution in [0.5, 0.6) is 0 Å². The zero-order chi connectivity index (χ0) is 14.9. The van der Waals surface area contributed by atoms with Gasteiger partial charge in [-0.3, -0.25) is 0 Å². The van der Waals surface area contributed by atoms with E-state index in [9.17, 15) is 0 Å². The third-order valence-electron chi connectivity index (χ3n) is 5.21. The van der Waals surface area contributed by atoms with Crippen molar-refractivity contribution in [2.45, 2.75) is 45.2 Å². The summed E-state index contributed by atoms with van der Waals surface area (Å²) in [7, 11) is 0. The van der Waals surface area contributed by atoms with Crippen molar-refractivity contribution in [2.24, 2.45) is 0 Å². The molecule has 0 aromatic heterocycles. The molecule has 1 aliphatic rings. The van der Waals surface area contributed by atoms with E-state index in [2.05, 4.69) is 73.5 Å². The standard InChI is InChI=1S/C19H26N2/c1-4-19(5-2)14-21(15(3)13-20-19)18-12-8-10-16-9-6-7-11-17(16)18/h6-12,15,20H,4-5,13-14H2,1-3H3. The molecule has 1 unspecified atom stereocenters. The van der Waals surface area contributed by atoms with Crippen molar-refractivity contribution in [1.82, 2.24) is 5.32 Å². The number of hydrogen-bond donors (Lipinski definition) is 1. The summed E-state index contributed by atoms with van der Waals surface area (Å²) >= 11 is 0. The van der Waals surface area contributed by atoms with Crippen molar-refractivity contribution < 1.29 is 0 Å². The third-order valence-corrected chi connectivity index (χ3v) is 5.21. The molecule has 1 heterocycles. The molecule has 0 radical (unpaired) electrons. The summed E-state index contributed by atoms with van der Waals surface area (Å²) in [6.07, 6.45) is 2.36.